The molecular weight excluding hydrogens is 518 g/mol. The van der Waals surface area contributed by atoms with Gasteiger partial charge in [-0.3, -0.25) is 19.4 Å². The topological polar surface area (TPSA) is 153 Å². The third kappa shape index (κ3) is 5.68. The molecule has 1 fully saturated rings. The molecule has 10 nitrogen and oxygen atoms in total. The fourth-order valence-corrected chi connectivity index (χ4v) is 6.30. The number of fused-ring (bicyclic) bond motifs is 2. The summed E-state index contributed by atoms with van der Waals surface area (Å²) in [6.45, 7) is 2.70. The summed E-state index contributed by atoms with van der Waals surface area (Å²) in [5, 5.41) is 18.2. The molecule has 0 radical (unpaired) electrons. The highest BCUT2D eigenvalue weighted by Gasteiger charge is 2.44. The zero-order valence-corrected chi connectivity index (χ0v) is 24.2. The van der Waals surface area contributed by atoms with E-state index in [4.69, 9.17) is 5.73 Å². The number of rotatable bonds is 8. The van der Waals surface area contributed by atoms with Gasteiger partial charge < -0.3 is 26.6 Å². The van der Waals surface area contributed by atoms with Crippen molar-refractivity contribution in [3.05, 3.63) is 69.8 Å². The van der Waals surface area contributed by atoms with Crippen molar-refractivity contribution in [2.45, 2.75) is 56.5 Å². The number of likely N-dealkylation sites (tertiary alicyclic amines) is 1. The van der Waals surface area contributed by atoms with Gasteiger partial charge in [-0.2, -0.15) is 5.26 Å². The van der Waals surface area contributed by atoms with E-state index in [1.165, 1.54) is 0 Å². The van der Waals surface area contributed by atoms with Gasteiger partial charge in [-0.1, -0.05) is 12.1 Å². The number of nitrogens with one attached hydrogen (secondary N) is 3. The smallest absolute Gasteiger partial charge is 0.251 e. The van der Waals surface area contributed by atoms with Crippen molar-refractivity contribution < 1.29 is 14.4 Å². The lowest BCUT2D eigenvalue weighted by Crippen LogP contribution is -2.49. The number of benzene rings is 2. The van der Waals surface area contributed by atoms with Gasteiger partial charge in [0.25, 0.3) is 11.8 Å². The van der Waals surface area contributed by atoms with Crippen LogP contribution in [0.25, 0.3) is 0 Å². The summed E-state index contributed by atoms with van der Waals surface area (Å²) in [7, 11) is 4.87. The van der Waals surface area contributed by atoms with Gasteiger partial charge in [-0.25, -0.2) is 0 Å². The molecule has 4 rings (SSSR count). The summed E-state index contributed by atoms with van der Waals surface area (Å²) in [6, 6.07) is 13.0. The first-order valence-corrected chi connectivity index (χ1v) is 14.1. The summed E-state index contributed by atoms with van der Waals surface area (Å²) in [5.41, 5.74) is 10.9. The standard InChI is InChI=1S/C31H39N7O3/c1-19(37-18-27(39)38-13-5-6-24(38)17-32)16-31(30(33)36-4)25-11-9-22(28(40)34-2)14-20(25)7-8-21-15-23(29(41)35-3)10-12-26(21)31/h9-12,14-15,19,24,37H,5-8,13,16,18H2,1-4H3,(H2,33,36)(H,34,40)(H,35,41)/t19-,24+/m1/s1. The highest BCUT2D eigenvalue weighted by molar-refractivity contribution is 5.99. The number of aliphatic imine (C=N–C) groups is 1. The van der Waals surface area contributed by atoms with Crippen LogP contribution < -0.4 is 21.7 Å². The van der Waals surface area contributed by atoms with Crippen molar-refractivity contribution in [1.82, 2.24) is 20.9 Å². The van der Waals surface area contributed by atoms with Crippen molar-refractivity contribution in [2.24, 2.45) is 10.7 Å². The molecule has 0 bridgehead atoms. The maximum Gasteiger partial charge on any atom is 0.251 e. The summed E-state index contributed by atoms with van der Waals surface area (Å²) in [5.74, 6) is -0.0406. The average Bonchev–Trinajstić information content (AvgIpc) is 3.44. The second-order valence-corrected chi connectivity index (χ2v) is 10.8. The fraction of sp³-hybridized carbons (Fsp3) is 0.452. The number of amidine groups is 1. The van der Waals surface area contributed by atoms with Crippen LogP contribution >= 0.6 is 0 Å². The maximum atomic E-state index is 13.0. The van der Waals surface area contributed by atoms with Crippen LogP contribution in [0.1, 0.15) is 69.2 Å². The van der Waals surface area contributed by atoms with Gasteiger partial charge in [0.1, 0.15) is 11.9 Å². The van der Waals surface area contributed by atoms with Crippen molar-refractivity contribution in [3.8, 4) is 6.07 Å². The average molecular weight is 558 g/mol. The number of carbonyl (C=O) groups excluding carboxylic acids is 3. The van der Waals surface area contributed by atoms with Crippen LogP contribution in [0.5, 0.6) is 0 Å². The molecule has 5 N–H and O–H groups in total. The minimum Gasteiger partial charge on any atom is -0.386 e. The number of nitriles is 1. The number of carbonyl (C=O) groups is 3. The van der Waals surface area contributed by atoms with E-state index >= 15 is 0 Å². The highest BCUT2D eigenvalue weighted by atomic mass is 16.2. The van der Waals surface area contributed by atoms with Crippen LogP contribution in [0.4, 0.5) is 0 Å². The lowest BCUT2D eigenvalue weighted by molar-refractivity contribution is -0.130. The molecular formula is C31H39N7O3. The van der Waals surface area contributed by atoms with E-state index in [-0.39, 0.29) is 36.3 Å². The van der Waals surface area contributed by atoms with Gasteiger partial charge in [0.05, 0.1) is 18.0 Å². The van der Waals surface area contributed by atoms with Crippen LogP contribution in [0, 0.1) is 11.3 Å². The molecule has 1 heterocycles. The zero-order valence-electron chi connectivity index (χ0n) is 24.2. The molecule has 10 heteroatoms. The minimum absolute atomic E-state index is 0.0980. The van der Waals surface area contributed by atoms with E-state index in [0.29, 0.717) is 49.2 Å². The molecule has 1 aliphatic heterocycles. The first-order valence-electron chi connectivity index (χ1n) is 14.1. The van der Waals surface area contributed by atoms with Crippen LogP contribution in [-0.2, 0) is 23.1 Å². The molecule has 41 heavy (non-hydrogen) atoms. The van der Waals surface area contributed by atoms with Crippen LogP contribution in [0.15, 0.2) is 41.4 Å². The van der Waals surface area contributed by atoms with Crippen molar-refractivity contribution in [3.63, 3.8) is 0 Å². The van der Waals surface area contributed by atoms with E-state index < -0.39 is 5.41 Å². The molecule has 2 atom stereocenters. The molecule has 1 aliphatic carbocycles. The van der Waals surface area contributed by atoms with Gasteiger partial charge in [0, 0.05) is 44.9 Å². The SMILES string of the molecule is CN=C(N)C1(C[C@@H](C)NCC(=O)N2CCC[C@H]2C#N)c2ccc(C(=O)NC)cc2CCc2cc(C(=O)NC)ccc21. The molecule has 0 aromatic heterocycles. The molecule has 2 aliphatic rings. The zero-order chi connectivity index (χ0) is 29.7. The van der Waals surface area contributed by atoms with Gasteiger partial charge in [0.15, 0.2) is 0 Å². The number of nitrogens with zero attached hydrogens (tertiary/aromatic N) is 3. The quantitative estimate of drug-likeness (QED) is 0.286. The Hall–Kier alpha value is -4.23. The van der Waals surface area contributed by atoms with Crippen molar-refractivity contribution in [1.29, 1.82) is 5.26 Å². The van der Waals surface area contributed by atoms with Gasteiger partial charge in [0.2, 0.25) is 5.91 Å². The number of hydrogen-bond donors (Lipinski definition) is 4. The molecule has 0 saturated carbocycles. The van der Waals surface area contributed by atoms with E-state index in [0.717, 1.165) is 28.7 Å². The molecule has 1 saturated heterocycles. The Morgan fingerprint density at radius 3 is 2.12 bits per heavy atom. The molecule has 2 aromatic rings. The van der Waals surface area contributed by atoms with Crippen LogP contribution in [0.3, 0.4) is 0 Å². The predicted octanol–water partition coefficient (Wildman–Crippen LogP) is 1.66. The fourth-order valence-electron chi connectivity index (χ4n) is 6.30. The van der Waals surface area contributed by atoms with E-state index in [9.17, 15) is 19.6 Å². The van der Waals surface area contributed by atoms with Gasteiger partial charge in [-0.05, 0) is 85.5 Å². The largest absolute Gasteiger partial charge is 0.386 e. The van der Waals surface area contributed by atoms with Gasteiger partial charge in [-0.15, -0.1) is 0 Å². The lowest BCUT2D eigenvalue weighted by Gasteiger charge is -2.38. The number of nitrogens with two attached hydrogens (primary N) is 1. The Labute approximate surface area is 241 Å². The minimum atomic E-state index is -0.878. The normalized spacial score (nSPS) is 18.4. The Balaban J connectivity index is 1.78. The van der Waals surface area contributed by atoms with Crippen LogP contribution in [0.2, 0.25) is 0 Å². The van der Waals surface area contributed by atoms with Crippen molar-refractivity contribution in [2.75, 3.05) is 34.2 Å². The van der Waals surface area contributed by atoms with E-state index in [1.54, 1.807) is 38.2 Å². The monoisotopic (exact) mass is 557 g/mol. The molecule has 2 aromatic carbocycles. The Bertz CT molecular complexity index is 1340. The summed E-state index contributed by atoms with van der Waals surface area (Å²) < 4.78 is 0. The first-order chi connectivity index (χ1) is 19.7. The second kappa shape index (κ2) is 12.5. The number of aryl methyl sites for hydroxylation is 2. The van der Waals surface area contributed by atoms with E-state index in [2.05, 4.69) is 27.0 Å². The van der Waals surface area contributed by atoms with Crippen molar-refractivity contribution >= 4 is 23.6 Å². The summed E-state index contributed by atoms with van der Waals surface area (Å²) in [6.07, 6.45) is 3.30. The Morgan fingerprint density at radius 2 is 1.63 bits per heavy atom. The maximum absolute atomic E-state index is 13.0. The van der Waals surface area contributed by atoms with E-state index in [1.807, 2.05) is 31.2 Å². The highest BCUT2D eigenvalue weighted by Crippen LogP contribution is 2.44. The molecule has 0 spiro atoms. The second-order valence-electron chi connectivity index (χ2n) is 10.8. The first kappa shape index (κ1) is 29.7. The van der Waals surface area contributed by atoms with Gasteiger partial charge >= 0.3 is 0 Å². The predicted molar refractivity (Wildman–Crippen MR) is 158 cm³/mol. The third-order valence-corrected chi connectivity index (χ3v) is 8.39. The number of hydrogen-bond acceptors (Lipinski definition) is 6. The Kier molecular flexibility index (Phi) is 9.08. The molecule has 0 unspecified atom stereocenters. The Morgan fingerprint density at radius 1 is 1.07 bits per heavy atom. The lowest BCUT2D eigenvalue weighted by atomic mass is 9.67. The third-order valence-electron chi connectivity index (χ3n) is 8.39. The summed E-state index contributed by atoms with van der Waals surface area (Å²) in [4.78, 5) is 44.2. The molecule has 3 amide bonds. The summed E-state index contributed by atoms with van der Waals surface area (Å²) >= 11 is 0. The van der Waals surface area contributed by atoms with Crippen LogP contribution in [-0.4, -0.2) is 74.8 Å². The molecule has 216 valence electrons. The number of amides is 3.